The van der Waals surface area contributed by atoms with Crippen LogP contribution in [0.5, 0.6) is 11.5 Å². The minimum atomic E-state index is -2.92. The molecule has 2 aromatic carbocycles. The van der Waals surface area contributed by atoms with Gasteiger partial charge in [0.2, 0.25) is 5.91 Å². The number of carbonyl (C=O) groups is 1. The number of aryl methyl sites for hydroxylation is 1. The molecule has 1 amide bonds. The Bertz CT molecular complexity index is 760. The van der Waals surface area contributed by atoms with Crippen LogP contribution in [0.15, 0.2) is 48.5 Å². The second-order valence-electron chi connectivity index (χ2n) is 5.33. The third kappa shape index (κ3) is 5.91. The van der Waals surface area contributed by atoms with Gasteiger partial charge in [0.25, 0.3) is 0 Å². The van der Waals surface area contributed by atoms with E-state index in [1.54, 1.807) is 18.2 Å². The van der Waals surface area contributed by atoms with Crippen LogP contribution in [0, 0.1) is 6.92 Å². The lowest BCUT2D eigenvalue weighted by molar-refractivity contribution is -0.116. The molecule has 0 spiro atoms. The Kier molecular flexibility index (Phi) is 6.51. The van der Waals surface area contributed by atoms with Crippen molar-refractivity contribution in [3.8, 4) is 11.5 Å². The van der Waals surface area contributed by atoms with E-state index < -0.39 is 6.61 Å². The molecule has 0 heterocycles. The number of alkyl halides is 2. The molecule has 0 saturated heterocycles. The van der Waals surface area contributed by atoms with Crippen LogP contribution < -0.4 is 14.8 Å². The summed E-state index contributed by atoms with van der Waals surface area (Å²) in [5.74, 6) is -0.123. The van der Waals surface area contributed by atoms with Crippen LogP contribution >= 0.6 is 0 Å². The fourth-order valence-corrected chi connectivity index (χ4v) is 2.21. The van der Waals surface area contributed by atoms with E-state index >= 15 is 0 Å². The van der Waals surface area contributed by atoms with E-state index in [0.29, 0.717) is 5.56 Å². The minimum absolute atomic E-state index is 0.0491. The van der Waals surface area contributed by atoms with Crippen molar-refractivity contribution in [2.75, 3.05) is 7.11 Å². The normalized spacial score (nSPS) is 10.9. The molecule has 6 heteroatoms. The van der Waals surface area contributed by atoms with E-state index in [2.05, 4.69) is 10.1 Å². The molecule has 2 rings (SSSR count). The summed E-state index contributed by atoms with van der Waals surface area (Å²) in [6, 6.07) is 12.3. The van der Waals surface area contributed by atoms with Gasteiger partial charge in [-0.05, 0) is 36.3 Å². The first kappa shape index (κ1) is 18.4. The first-order valence-corrected chi connectivity index (χ1v) is 7.62. The predicted octanol–water partition coefficient (Wildman–Crippen LogP) is 3.93. The lowest BCUT2D eigenvalue weighted by atomic mass is 10.1. The third-order valence-electron chi connectivity index (χ3n) is 3.38. The summed E-state index contributed by atoms with van der Waals surface area (Å²) >= 11 is 0. The Morgan fingerprint density at radius 3 is 2.68 bits per heavy atom. The molecule has 0 aliphatic carbocycles. The fourth-order valence-electron chi connectivity index (χ4n) is 2.21. The molecule has 0 fully saturated rings. The number of methoxy groups -OCH3 is 1. The van der Waals surface area contributed by atoms with Gasteiger partial charge in [0, 0.05) is 12.6 Å². The van der Waals surface area contributed by atoms with Gasteiger partial charge in [0.1, 0.15) is 0 Å². The molecule has 0 saturated carbocycles. The number of hydrogen-bond acceptors (Lipinski definition) is 3. The second kappa shape index (κ2) is 8.82. The summed E-state index contributed by atoms with van der Waals surface area (Å²) in [6.45, 7) is -0.708. The average Bonchev–Trinajstić information content (AvgIpc) is 2.58. The maximum Gasteiger partial charge on any atom is 0.387 e. The Balaban J connectivity index is 1.95. The maximum atomic E-state index is 12.3. The average molecular weight is 347 g/mol. The van der Waals surface area contributed by atoms with Gasteiger partial charge in [-0.15, -0.1) is 0 Å². The van der Waals surface area contributed by atoms with E-state index in [0.717, 1.165) is 11.1 Å². The summed E-state index contributed by atoms with van der Waals surface area (Å²) < 4.78 is 34.0. The molecule has 2 aromatic rings. The third-order valence-corrected chi connectivity index (χ3v) is 3.38. The van der Waals surface area contributed by atoms with Crippen LogP contribution in [0.25, 0.3) is 6.08 Å². The zero-order valence-electron chi connectivity index (χ0n) is 14.0. The van der Waals surface area contributed by atoms with E-state index in [4.69, 9.17) is 4.74 Å². The number of nitrogens with one attached hydrogen (secondary N) is 1. The lowest BCUT2D eigenvalue weighted by Crippen LogP contribution is -2.20. The first-order chi connectivity index (χ1) is 12.0. The van der Waals surface area contributed by atoms with Gasteiger partial charge in [-0.25, -0.2) is 0 Å². The first-order valence-electron chi connectivity index (χ1n) is 7.62. The van der Waals surface area contributed by atoms with Gasteiger partial charge >= 0.3 is 6.61 Å². The van der Waals surface area contributed by atoms with Crippen LogP contribution in [0.3, 0.4) is 0 Å². The van der Waals surface area contributed by atoms with Gasteiger partial charge in [0.05, 0.1) is 7.11 Å². The van der Waals surface area contributed by atoms with Crippen LogP contribution in [0.2, 0.25) is 0 Å². The maximum absolute atomic E-state index is 12.3. The quantitative estimate of drug-likeness (QED) is 0.772. The molecule has 0 aromatic heterocycles. The minimum Gasteiger partial charge on any atom is -0.493 e. The molecule has 0 aliphatic rings. The summed E-state index contributed by atoms with van der Waals surface area (Å²) in [6.07, 6.45) is 3.17. The second-order valence-corrected chi connectivity index (χ2v) is 5.33. The van der Waals surface area contributed by atoms with Crippen molar-refractivity contribution in [1.29, 1.82) is 0 Å². The van der Waals surface area contributed by atoms with E-state index in [1.807, 2.05) is 31.2 Å². The topological polar surface area (TPSA) is 47.6 Å². The zero-order chi connectivity index (χ0) is 18.2. The van der Waals surface area contributed by atoms with Gasteiger partial charge in [0.15, 0.2) is 11.5 Å². The Labute approximate surface area is 145 Å². The molecule has 25 heavy (non-hydrogen) atoms. The fraction of sp³-hybridized carbons (Fsp3) is 0.211. The highest BCUT2D eigenvalue weighted by atomic mass is 19.3. The van der Waals surface area contributed by atoms with Crippen molar-refractivity contribution < 1.29 is 23.0 Å². The molecule has 0 bridgehead atoms. The van der Waals surface area contributed by atoms with Crippen LogP contribution in [-0.4, -0.2) is 19.6 Å². The van der Waals surface area contributed by atoms with Crippen molar-refractivity contribution >= 4 is 12.0 Å². The van der Waals surface area contributed by atoms with Gasteiger partial charge < -0.3 is 14.8 Å². The highest BCUT2D eigenvalue weighted by Gasteiger charge is 2.11. The molecule has 1 N–H and O–H groups in total. The van der Waals surface area contributed by atoms with Crippen molar-refractivity contribution in [1.82, 2.24) is 5.32 Å². The van der Waals surface area contributed by atoms with Crippen molar-refractivity contribution in [2.45, 2.75) is 20.1 Å². The van der Waals surface area contributed by atoms with Crippen LogP contribution in [0.1, 0.15) is 16.7 Å². The Morgan fingerprint density at radius 1 is 1.20 bits per heavy atom. The number of benzene rings is 2. The monoisotopic (exact) mass is 347 g/mol. The lowest BCUT2D eigenvalue weighted by Gasteiger charge is -2.11. The molecular weight excluding hydrogens is 328 g/mol. The number of ether oxygens (including phenoxy) is 2. The molecule has 132 valence electrons. The van der Waals surface area contributed by atoms with Crippen LogP contribution in [-0.2, 0) is 11.3 Å². The number of amides is 1. The van der Waals surface area contributed by atoms with E-state index in [9.17, 15) is 13.6 Å². The standard InChI is InChI=1S/C19H19F2NO3/c1-13-4-3-5-14(10-13)7-9-18(23)22-12-15-6-8-16(25-19(20)21)17(11-15)24-2/h3-11,19H,12H2,1-2H3,(H,22,23)/b9-7+. The highest BCUT2D eigenvalue weighted by Crippen LogP contribution is 2.29. The van der Waals surface area contributed by atoms with Crippen molar-refractivity contribution in [3.05, 3.63) is 65.2 Å². The predicted molar refractivity (Wildman–Crippen MR) is 91.7 cm³/mol. The molecule has 0 unspecified atom stereocenters. The summed E-state index contributed by atoms with van der Waals surface area (Å²) in [5, 5.41) is 2.73. The zero-order valence-corrected chi connectivity index (χ0v) is 14.0. The van der Waals surface area contributed by atoms with E-state index in [1.165, 1.54) is 19.3 Å². The summed E-state index contributed by atoms with van der Waals surface area (Å²) in [4.78, 5) is 11.9. The number of hydrogen-bond donors (Lipinski definition) is 1. The van der Waals surface area contributed by atoms with Crippen molar-refractivity contribution in [2.24, 2.45) is 0 Å². The van der Waals surface area contributed by atoms with Crippen LogP contribution in [0.4, 0.5) is 8.78 Å². The van der Waals surface area contributed by atoms with Gasteiger partial charge in [-0.2, -0.15) is 8.78 Å². The van der Waals surface area contributed by atoms with E-state index in [-0.39, 0.29) is 24.0 Å². The molecule has 4 nitrogen and oxygen atoms in total. The van der Waals surface area contributed by atoms with Gasteiger partial charge in [-0.3, -0.25) is 4.79 Å². The summed E-state index contributed by atoms with van der Waals surface area (Å²) in [7, 11) is 1.36. The molecule has 0 atom stereocenters. The number of rotatable bonds is 7. The summed E-state index contributed by atoms with van der Waals surface area (Å²) in [5.41, 5.74) is 2.75. The Morgan fingerprint density at radius 2 is 2.00 bits per heavy atom. The largest absolute Gasteiger partial charge is 0.493 e. The molecular formula is C19H19F2NO3. The SMILES string of the molecule is COc1cc(CNC(=O)/C=C/c2cccc(C)c2)ccc1OC(F)F. The van der Waals surface area contributed by atoms with Crippen molar-refractivity contribution in [3.63, 3.8) is 0 Å². The van der Waals surface area contributed by atoms with Gasteiger partial charge in [-0.1, -0.05) is 35.9 Å². The Hall–Kier alpha value is -2.89. The molecule has 0 radical (unpaired) electrons. The molecule has 0 aliphatic heterocycles. The number of carbonyl (C=O) groups excluding carboxylic acids is 1. The number of halogens is 2. The smallest absolute Gasteiger partial charge is 0.387 e. The highest BCUT2D eigenvalue weighted by molar-refractivity contribution is 5.91.